The van der Waals surface area contributed by atoms with Gasteiger partial charge >= 0.3 is 5.97 Å². The van der Waals surface area contributed by atoms with Crippen molar-refractivity contribution in [3.8, 4) is 0 Å². The third-order valence-electron chi connectivity index (χ3n) is 2.22. The normalized spacial score (nSPS) is 18.5. The SMILES string of the molecule is COC(=O)C(C)C(=O)CC1CC1. The Morgan fingerprint density at radius 1 is 1.50 bits per heavy atom. The molecular weight excluding hydrogens is 156 g/mol. The van der Waals surface area contributed by atoms with Gasteiger partial charge in [0.25, 0.3) is 0 Å². The van der Waals surface area contributed by atoms with Gasteiger partial charge in [-0.25, -0.2) is 0 Å². The van der Waals surface area contributed by atoms with Crippen LogP contribution in [0.3, 0.4) is 0 Å². The number of carbonyl (C=O) groups excluding carboxylic acids is 2. The van der Waals surface area contributed by atoms with Crippen LogP contribution in [0.2, 0.25) is 0 Å². The number of ether oxygens (including phenoxy) is 1. The predicted octanol–water partition coefficient (Wildman–Crippen LogP) is 1.16. The molecule has 3 nitrogen and oxygen atoms in total. The van der Waals surface area contributed by atoms with Crippen LogP contribution in [-0.4, -0.2) is 18.9 Å². The highest BCUT2D eigenvalue weighted by atomic mass is 16.5. The highest BCUT2D eigenvalue weighted by Gasteiger charge is 2.29. The van der Waals surface area contributed by atoms with Crippen LogP contribution in [-0.2, 0) is 14.3 Å². The van der Waals surface area contributed by atoms with Crippen LogP contribution in [0, 0.1) is 11.8 Å². The zero-order valence-electron chi connectivity index (χ0n) is 7.50. The first-order chi connectivity index (χ1) is 5.65. The molecule has 1 rings (SSSR count). The molecule has 0 spiro atoms. The Bertz CT molecular complexity index is 194. The Morgan fingerprint density at radius 3 is 2.50 bits per heavy atom. The van der Waals surface area contributed by atoms with Crippen molar-refractivity contribution >= 4 is 11.8 Å². The van der Waals surface area contributed by atoms with Crippen molar-refractivity contribution in [1.82, 2.24) is 0 Å². The van der Waals surface area contributed by atoms with Crippen LogP contribution in [0.1, 0.15) is 26.2 Å². The predicted molar refractivity (Wildman–Crippen MR) is 43.5 cm³/mol. The van der Waals surface area contributed by atoms with Crippen molar-refractivity contribution in [2.75, 3.05) is 7.11 Å². The molecule has 12 heavy (non-hydrogen) atoms. The van der Waals surface area contributed by atoms with Gasteiger partial charge in [0.05, 0.1) is 7.11 Å². The zero-order valence-corrected chi connectivity index (χ0v) is 7.50. The van der Waals surface area contributed by atoms with Gasteiger partial charge < -0.3 is 4.74 Å². The largest absolute Gasteiger partial charge is 0.468 e. The summed E-state index contributed by atoms with van der Waals surface area (Å²) < 4.78 is 4.48. The van der Waals surface area contributed by atoms with E-state index in [0.717, 1.165) is 12.8 Å². The van der Waals surface area contributed by atoms with E-state index in [4.69, 9.17) is 0 Å². The number of esters is 1. The van der Waals surface area contributed by atoms with E-state index in [9.17, 15) is 9.59 Å². The summed E-state index contributed by atoms with van der Waals surface area (Å²) in [6.45, 7) is 1.61. The summed E-state index contributed by atoms with van der Waals surface area (Å²) in [5.74, 6) is -0.426. The topological polar surface area (TPSA) is 43.4 Å². The second kappa shape index (κ2) is 3.70. The van der Waals surface area contributed by atoms with E-state index in [2.05, 4.69) is 4.74 Å². The molecule has 3 heteroatoms. The van der Waals surface area contributed by atoms with Crippen molar-refractivity contribution in [3.05, 3.63) is 0 Å². The minimum Gasteiger partial charge on any atom is -0.468 e. The first-order valence-corrected chi connectivity index (χ1v) is 4.25. The molecule has 1 unspecified atom stereocenters. The molecule has 0 aromatic carbocycles. The summed E-state index contributed by atoms with van der Waals surface area (Å²) in [6, 6.07) is 0. The van der Waals surface area contributed by atoms with Crippen molar-refractivity contribution in [2.45, 2.75) is 26.2 Å². The van der Waals surface area contributed by atoms with Crippen molar-refractivity contribution < 1.29 is 14.3 Å². The van der Waals surface area contributed by atoms with E-state index in [1.807, 2.05) is 0 Å². The Labute approximate surface area is 72.1 Å². The number of hydrogen-bond acceptors (Lipinski definition) is 3. The summed E-state index contributed by atoms with van der Waals surface area (Å²) in [4.78, 5) is 22.2. The van der Waals surface area contributed by atoms with Gasteiger partial charge in [-0.2, -0.15) is 0 Å². The molecule has 0 heterocycles. The minimum absolute atomic E-state index is 0.0179. The maximum Gasteiger partial charge on any atom is 0.315 e. The van der Waals surface area contributed by atoms with Crippen LogP contribution in [0.15, 0.2) is 0 Å². The summed E-state index contributed by atoms with van der Waals surface area (Å²) in [6.07, 6.45) is 2.83. The third kappa shape index (κ3) is 2.32. The first-order valence-electron chi connectivity index (χ1n) is 4.25. The Kier molecular flexibility index (Phi) is 2.84. The Hall–Kier alpha value is -0.860. The molecule has 0 radical (unpaired) electrons. The van der Waals surface area contributed by atoms with Crippen LogP contribution in [0.25, 0.3) is 0 Å². The number of methoxy groups -OCH3 is 1. The molecule has 1 aliphatic rings. The number of carbonyl (C=O) groups is 2. The third-order valence-corrected chi connectivity index (χ3v) is 2.22. The summed E-state index contributed by atoms with van der Waals surface area (Å²) in [5.41, 5.74) is 0. The van der Waals surface area contributed by atoms with Crippen LogP contribution in [0.5, 0.6) is 0 Å². The smallest absolute Gasteiger partial charge is 0.315 e. The van der Waals surface area contributed by atoms with Gasteiger partial charge in [-0.1, -0.05) is 0 Å². The van der Waals surface area contributed by atoms with Gasteiger partial charge in [0.2, 0.25) is 0 Å². The zero-order chi connectivity index (χ0) is 9.14. The highest BCUT2D eigenvalue weighted by molar-refractivity contribution is 5.98. The highest BCUT2D eigenvalue weighted by Crippen LogP contribution is 2.33. The summed E-state index contributed by atoms with van der Waals surface area (Å²) in [5, 5.41) is 0. The Balaban J connectivity index is 2.33. The number of rotatable bonds is 4. The van der Waals surface area contributed by atoms with Gasteiger partial charge in [-0.15, -0.1) is 0 Å². The first kappa shape index (κ1) is 9.23. The maximum atomic E-state index is 11.3. The molecule has 0 aromatic rings. The van der Waals surface area contributed by atoms with Crippen LogP contribution >= 0.6 is 0 Å². The molecule has 0 bridgehead atoms. The molecule has 1 atom stereocenters. The van der Waals surface area contributed by atoms with Gasteiger partial charge in [-0.05, 0) is 25.7 Å². The van der Waals surface area contributed by atoms with Crippen LogP contribution < -0.4 is 0 Å². The fourth-order valence-electron chi connectivity index (χ4n) is 1.09. The monoisotopic (exact) mass is 170 g/mol. The number of ketones is 1. The van der Waals surface area contributed by atoms with E-state index >= 15 is 0 Å². The summed E-state index contributed by atoms with van der Waals surface area (Å²) >= 11 is 0. The summed E-state index contributed by atoms with van der Waals surface area (Å²) in [7, 11) is 1.31. The molecule has 1 saturated carbocycles. The molecule has 68 valence electrons. The second-order valence-corrected chi connectivity index (χ2v) is 3.36. The Morgan fingerprint density at radius 2 is 2.08 bits per heavy atom. The standard InChI is InChI=1S/C9H14O3/c1-6(9(11)12-2)8(10)5-7-3-4-7/h6-7H,3-5H2,1-2H3. The molecule has 1 aliphatic carbocycles. The average molecular weight is 170 g/mol. The maximum absolute atomic E-state index is 11.3. The molecule has 0 aromatic heterocycles. The minimum atomic E-state index is -0.574. The molecule has 0 aliphatic heterocycles. The molecular formula is C9H14O3. The molecule has 0 N–H and O–H groups in total. The number of hydrogen-bond donors (Lipinski definition) is 0. The quantitative estimate of drug-likeness (QED) is 0.469. The molecule has 0 amide bonds. The van der Waals surface area contributed by atoms with Gasteiger partial charge in [-0.3, -0.25) is 9.59 Å². The van der Waals surface area contributed by atoms with E-state index in [-0.39, 0.29) is 5.78 Å². The fourth-order valence-corrected chi connectivity index (χ4v) is 1.09. The van der Waals surface area contributed by atoms with Gasteiger partial charge in [0.1, 0.15) is 11.7 Å². The van der Waals surface area contributed by atoms with Crippen molar-refractivity contribution in [1.29, 1.82) is 0 Å². The van der Waals surface area contributed by atoms with Gasteiger partial charge in [0.15, 0.2) is 0 Å². The van der Waals surface area contributed by atoms with E-state index in [1.165, 1.54) is 7.11 Å². The van der Waals surface area contributed by atoms with Crippen LogP contribution in [0.4, 0.5) is 0 Å². The average Bonchev–Trinajstić information content (AvgIpc) is 2.85. The lowest BCUT2D eigenvalue weighted by Gasteiger charge is -2.06. The van der Waals surface area contributed by atoms with E-state index < -0.39 is 11.9 Å². The van der Waals surface area contributed by atoms with E-state index in [0.29, 0.717) is 12.3 Å². The lowest BCUT2D eigenvalue weighted by atomic mass is 10.0. The van der Waals surface area contributed by atoms with Crippen molar-refractivity contribution in [3.63, 3.8) is 0 Å². The van der Waals surface area contributed by atoms with E-state index in [1.54, 1.807) is 6.92 Å². The molecule has 0 saturated heterocycles. The molecule has 1 fully saturated rings. The lowest BCUT2D eigenvalue weighted by Crippen LogP contribution is -2.22. The number of Topliss-reactive ketones (excluding diaryl/α,β-unsaturated/α-hetero) is 1. The fraction of sp³-hybridized carbons (Fsp3) is 0.778. The van der Waals surface area contributed by atoms with Crippen molar-refractivity contribution in [2.24, 2.45) is 11.8 Å². The lowest BCUT2D eigenvalue weighted by molar-refractivity contribution is -0.148. The van der Waals surface area contributed by atoms with Gasteiger partial charge in [0, 0.05) is 6.42 Å². The second-order valence-electron chi connectivity index (χ2n) is 3.36.